The molecular weight excluding hydrogens is 100 g/mol. The van der Waals surface area contributed by atoms with E-state index in [1.54, 1.807) is 0 Å². The normalized spacial score (nSPS) is 23.2. The minimum Gasteiger partial charge on any atom is -0.379 e. The van der Waals surface area contributed by atoms with Crippen LogP contribution in [0.2, 0.25) is 0 Å². The molecule has 1 aliphatic carbocycles. The molecule has 1 aliphatic rings. The Bertz CT molecular complexity index is 66.8. The zero-order chi connectivity index (χ0) is 5.98. The summed E-state index contributed by atoms with van der Waals surface area (Å²) >= 11 is 0. The molecule has 8 heavy (non-hydrogen) atoms. The third-order valence-corrected chi connectivity index (χ3v) is 1.72. The van der Waals surface area contributed by atoms with Crippen LogP contribution in [0.1, 0.15) is 26.7 Å². The molecule has 0 aromatic carbocycles. The van der Waals surface area contributed by atoms with E-state index in [1.165, 1.54) is 12.8 Å². The van der Waals surface area contributed by atoms with Crippen molar-refractivity contribution in [3.63, 3.8) is 0 Å². The molecule has 0 aromatic heterocycles. The summed E-state index contributed by atoms with van der Waals surface area (Å²) in [6.07, 6.45) is 3.31. The first-order valence-corrected chi connectivity index (χ1v) is 3.46. The lowest BCUT2D eigenvalue weighted by Crippen LogP contribution is -2.09. The van der Waals surface area contributed by atoms with Gasteiger partial charge in [-0.2, -0.15) is 0 Å². The molecule has 0 bridgehead atoms. The van der Waals surface area contributed by atoms with Crippen molar-refractivity contribution in [2.45, 2.75) is 32.8 Å². The van der Waals surface area contributed by atoms with Crippen LogP contribution in [-0.4, -0.2) is 12.7 Å². The zero-order valence-corrected chi connectivity index (χ0v) is 5.68. The molecule has 1 saturated carbocycles. The molecular formula is C7H14O. The molecule has 0 amide bonds. The van der Waals surface area contributed by atoms with Gasteiger partial charge in [-0.25, -0.2) is 0 Å². The molecule has 0 spiro atoms. The third-order valence-electron chi connectivity index (χ3n) is 1.72. The van der Waals surface area contributed by atoms with Crippen molar-refractivity contribution in [3.8, 4) is 0 Å². The average molecular weight is 114 g/mol. The number of hydrogen-bond acceptors (Lipinski definition) is 1. The van der Waals surface area contributed by atoms with Crippen LogP contribution in [0.15, 0.2) is 0 Å². The van der Waals surface area contributed by atoms with Gasteiger partial charge >= 0.3 is 0 Å². The van der Waals surface area contributed by atoms with E-state index in [9.17, 15) is 0 Å². The lowest BCUT2D eigenvalue weighted by Gasteiger charge is -2.07. The van der Waals surface area contributed by atoms with Gasteiger partial charge in [0.25, 0.3) is 0 Å². The number of rotatable bonds is 3. The Morgan fingerprint density at radius 1 is 1.62 bits per heavy atom. The Kier molecular flexibility index (Phi) is 1.90. The minimum atomic E-state index is 0.528. The molecule has 0 saturated heterocycles. The van der Waals surface area contributed by atoms with Gasteiger partial charge in [-0.1, -0.05) is 0 Å². The molecule has 0 heterocycles. The second-order valence-corrected chi connectivity index (χ2v) is 2.50. The van der Waals surface area contributed by atoms with E-state index < -0.39 is 0 Å². The highest BCUT2D eigenvalue weighted by atomic mass is 16.5. The summed E-state index contributed by atoms with van der Waals surface area (Å²) in [5, 5.41) is 0. The number of ether oxygens (including phenoxy) is 1. The molecule has 1 nitrogen and oxygen atoms in total. The third kappa shape index (κ3) is 1.48. The molecule has 1 unspecified atom stereocenters. The standard InChI is InChI=1S/C7H14O/c1-3-8-6(2)7-4-5-7/h6-7H,3-5H2,1-2H3. The summed E-state index contributed by atoms with van der Waals surface area (Å²) < 4.78 is 5.37. The summed E-state index contributed by atoms with van der Waals surface area (Å²) in [7, 11) is 0. The van der Waals surface area contributed by atoms with E-state index in [4.69, 9.17) is 4.74 Å². The van der Waals surface area contributed by atoms with Gasteiger partial charge in [0.15, 0.2) is 0 Å². The van der Waals surface area contributed by atoms with Crippen LogP contribution in [0.4, 0.5) is 0 Å². The highest BCUT2D eigenvalue weighted by Crippen LogP contribution is 2.33. The Balaban J connectivity index is 2.03. The summed E-state index contributed by atoms with van der Waals surface area (Å²) in [6.45, 7) is 5.09. The molecule has 1 heteroatoms. The van der Waals surface area contributed by atoms with E-state index >= 15 is 0 Å². The largest absolute Gasteiger partial charge is 0.379 e. The van der Waals surface area contributed by atoms with E-state index in [-0.39, 0.29) is 0 Å². The fourth-order valence-electron chi connectivity index (χ4n) is 0.965. The van der Waals surface area contributed by atoms with Gasteiger partial charge in [0.05, 0.1) is 6.10 Å². The maximum atomic E-state index is 5.37. The molecule has 0 aromatic rings. The lowest BCUT2D eigenvalue weighted by atomic mass is 10.3. The molecule has 0 aliphatic heterocycles. The molecule has 1 fully saturated rings. The molecule has 0 radical (unpaired) electrons. The Morgan fingerprint density at radius 2 is 2.25 bits per heavy atom. The van der Waals surface area contributed by atoms with Crippen LogP contribution in [0.3, 0.4) is 0 Å². The van der Waals surface area contributed by atoms with Gasteiger partial charge < -0.3 is 4.74 Å². The zero-order valence-electron chi connectivity index (χ0n) is 5.68. The van der Waals surface area contributed by atoms with Crippen molar-refractivity contribution in [3.05, 3.63) is 0 Å². The fourth-order valence-corrected chi connectivity index (χ4v) is 0.965. The summed E-state index contributed by atoms with van der Waals surface area (Å²) in [5.74, 6) is 0.898. The topological polar surface area (TPSA) is 9.23 Å². The van der Waals surface area contributed by atoms with Crippen LogP contribution in [-0.2, 0) is 4.74 Å². The van der Waals surface area contributed by atoms with Gasteiger partial charge in [-0.05, 0) is 32.6 Å². The second kappa shape index (κ2) is 2.49. The van der Waals surface area contributed by atoms with E-state index in [0.717, 1.165) is 12.5 Å². The Hall–Kier alpha value is -0.0400. The maximum Gasteiger partial charge on any atom is 0.0575 e. The van der Waals surface area contributed by atoms with Crippen molar-refractivity contribution in [2.75, 3.05) is 6.61 Å². The number of hydrogen-bond donors (Lipinski definition) is 0. The SMILES string of the molecule is CCOC(C)C1CC1. The predicted molar refractivity (Wildman–Crippen MR) is 33.8 cm³/mol. The highest BCUT2D eigenvalue weighted by molar-refractivity contribution is 4.78. The fraction of sp³-hybridized carbons (Fsp3) is 1.00. The van der Waals surface area contributed by atoms with Crippen LogP contribution in [0.25, 0.3) is 0 Å². The van der Waals surface area contributed by atoms with Crippen LogP contribution < -0.4 is 0 Å². The van der Waals surface area contributed by atoms with Gasteiger partial charge in [0.1, 0.15) is 0 Å². The van der Waals surface area contributed by atoms with Crippen molar-refractivity contribution < 1.29 is 4.74 Å². The van der Waals surface area contributed by atoms with Crippen LogP contribution in [0, 0.1) is 5.92 Å². The van der Waals surface area contributed by atoms with Crippen LogP contribution in [0.5, 0.6) is 0 Å². The van der Waals surface area contributed by atoms with Crippen molar-refractivity contribution >= 4 is 0 Å². The van der Waals surface area contributed by atoms with Gasteiger partial charge in [-0.3, -0.25) is 0 Å². The van der Waals surface area contributed by atoms with Gasteiger partial charge in [-0.15, -0.1) is 0 Å². The lowest BCUT2D eigenvalue weighted by molar-refractivity contribution is 0.0609. The smallest absolute Gasteiger partial charge is 0.0575 e. The molecule has 1 atom stereocenters. The summed E-state index contributed by atoms with van der Waals surface area (Å²) in [6, 6.07) is 0. The monoisotopic (exact) mass is 114 g/mol. The molecule has 48 valence electrons. The maximum absolute atomic E-state index is 5.37. The Morgan fingerprint density at radius 3 is 2.62 bits per heavy atom. The van der Waals surface area contributed by atoms with Crippen molar-refractivity contribution in [1.82, 2.24) is 0 Å². The first kappa shape index (κ1) is 6.09. The first-order chi connectivity index (χ1) is 3.84. The van der Waals surface area contributed by atoms with Crippen LogP contribution >= 0.6 is 0 Å². The average Bonchev–Trinajstić information content (AvgIpc) is 2.45. The summed E-state index contributed by atoms with van der Waals surface area (Å²) in [5.41, 5.74) is 0. The van der Waals surface area contributed by atoms with E-state index in [1.807, 2.05) is 0 Å². The predicted octanol–water partition coefficient (Wildman–Crippen LogP) is 1.82. The second-order valence-electron chi connectivity index (χ2n) is 2.50. The minimum absolute atomic E-state index is 0.528. The molecule has 1 rings (SSSR count). The van der Waals surface area contributed by atoms with Gasteiger partial charge in [0, 0.05) is 6.61 Å². The highest BCUT2D eigenvalue weighted by Gasteiger charge is 2.27. The Labute approximate surface area is 51.0 Å². The first-order valence-electron chi connectivity index (χ1n) is 3.46. The van der Waals surface area contributed by atoms with E-state index in [2.05, 4.69) is 13.8 Å². The van der Waals surface area contributed by atoms with Crippen molar-refractivity contribution in [2.24, 2.45) is 5.92 Å². The van der Waals surface area contributed by atoms with Crippen molar-refractivity contribution in [1.29, 1.82) is 0 Å². The summed E-state index contributed by atoms with van der Waals surface area (Å²) in [4.78, 5) is 0. The van der Waals surface area contributed by atoms with E-state index in [0.29, 0.717) is 6.10 Å². The molecule has 0 N–H and O–H groups in total. The quantitative estimate of drug-likeness (QED) is 0.543. The van der Waals surface area contributed by atoms with Gasteiger partial charge in [0.2, 0.25) is 0 Å².